The molecule has 0 aliphatic rings. The molecule has 8 aromatic rings. The minimum atomic E-state index is 0.661. The first-order chi connectivity index (χ1) is 18.6. The van der Waals surface area contributed by atoms with Crippen molar-refractivity contribution in [3.05, 3.63) is 123 Å². The largest absolute Gasteiger partial charge is 0.238 e. The maximum Gasteiger partial charge on any atom is 0.194 e. The van der Waals surface area contributed by atoms with Crippen LogP contribution in [0, 0.1) is 17.9 Å². The Hall–Kier alpha value is -4.22. The molecule has 0 N–H and O–H groups in total. The van der Waals surface area contributed by atoms with Gasteiger partial charge < -0.3 is 0 Å². The molecular weight excluding hydrogens is 596 g/mol. The first-order valence-corrected chi connectivity index (χ1v) is 13.7. The highest BCUT2D eigenvalue weighted by atomic mass is 79.9. The highest BCUT2D eigenvalue weighted by molar-refractivity contribution is 9.11. The Morgan fingerprint density at radius 2 is 0.895 bits per heavy atom. The zero-order valence-corrected chi connectivity index (χ0v) is 23.1. The first-order valence-electron chi connectivity index (χ1n) is 12.1. The third-order valence-electron chi connectivity index (χ3n) is 7.44. The number of rotatable bonds is 0. The predicted molar refractivity (Wildman–Crippen MR) is 167 cm³/mol. The van der Waals surface area contributed by atoms with Crippen molar-refractivity contribution >= 4 is 102 Å². The summed E-state index contributed by atoms with van der Waals surface area (Å²) >= 11 is 7.30. The van der Waals surface area contributed by atoms with Gasteiger partial charge in [-0.15, -0.1) is 0 Å². The molecule has 8 rings (SSSR count). The Labute approximate surface area is 235 Å². The predicted octanol–water partition coefficient (Wildman–Crippen LogP) is 11.1. The van der Waals surface area contributed by atoms with Gasteiger partial charge in [-0.2, -0.15) is 5.26 Å². The summed E-state index contributed by atoms with van der Waals surface area (Å²) in [5.41, 5.74) is 1.34. The fourth-order valence-corrected chi connectivity index (χ4v) is 6.64. The highest BCUT2D eigenvalue weighted by Gasteiger charge is 2.13. The summed E-state index contributed by atoms with van der Waals surface area (Å²) in [5, 5.41) is 23.4. The Balaban J connectivity index is 0.000000128. The molecule has 0 radical (unpaired) electrons. The molecule has 0 saturated heterocycles. The van der Waals surface area contributed by atoms with E-state index in [1.54, 1.807) is 0 Å². The van der Waals surface area contributed by atoms with E-state index in [0.29, 0.717) is 11.3 Å². The highest BCUT2D eigenvalue weighted by Crippen LogP contribution is 2.41. The molecule has 8 aromatic carbocycles. The minimum Gasteiger partial charge on any atom is -0.238 e. The van der Waals surface area contributed by atoms with Crippen LogP contribution in [0.25, 0.3) is 69.5 Å². The molecule has 0 aliphatic heterocycles. The van der Waals surface area contributed by atoms with Crippen LogP contribution in [-0.4, -0.2) is 0 Å². The fraction of sp³-hybridized carbons (Fsp3) is 0. The van der Waals surface area contributed by atoms with E-state index in [4.69, 9.17) is 6.57 Å². The van der Waals surface area contributed by atoms with E-state index in [1.807, 2.05) is 48.5 Å². The van der Waals surface area contributed by atoms with Crippen molar-refractivity contribution in [2.75, 3.05) is 0 Å². The van der Waals surface area contributed by atoms with Gasteiger partial charge in [0.05, 0.1) is 18.2 Å². The Morgan fingerprint density at radius 3 is 1.42 bits per heavy atom. The van der Waals surface area contributed by atoms with E-state index in [0.717, 1.165) is 41.3 Å². The zero-order valence-electron chi connectivity index (χ0n) is 19.9. The van der Waals surface area contributed by atoms with Crippen molar-refractivity contribution in [2.45, 2.75) is 0 Å². The van der Waals surface area contributed by atoms with E-state index < -0.39 is 0 Å². The van der Waals surface area contributed by atoms with Crippen LogP contribution in [0.4, 0.5) is 5.69 Å². The molecule has 0 aromatic heterocycles. The first kappa shape index (κ1) is 22.9. The molecule has 0 unspecified atom stereocenters. The Kier molecular flexibility index (Phi) is 5.24. The molecule has 0 heterocycles. The van der Waals surface area contributed by atoms with E-state index in [1.165, 1.54) is 32.3 Å². The lowest BCUT2D eigenvalue weighted by Crippen LogP contribution is -1.86. The Bertz CT molecular complexity index is 2120. The van der Waals surface area contributed by atoms with Crippen molar-refractivity contribution in [3.63, 3.8) is 0 Å². The number of nitriles is 1. The molecule has 2 nitrogen and oxygen atoms in total. The second-order valence-corrected chi connectivity index (χ2v) is 11.1. The topological polar surface area (TPSA) is 28.1 Å². The number of hydrogen-bond acceptors (Lipinski definition) is 1. The van der Waals surface area contributed by atoms with Crippen molar-refractivity contribution < 1.29 is 0 Å². The zero-order chi connectivity index (χ0) is 26.0. The van der Waals surface area contributed by atoms with E-state index in [-0.39, 0.29) is 0 Å². The molecule has 0 amide bonds. The van der Waals surface area contributed by atoms with E-state index in [2.05, 4.69) is 91.3 Å². The third kappa shape index (κ3) is 3.28. The van der Waals surface area contributed by atoms with Crippen LogP contribution in [0.5, 0.6) is 0 Å². The van der Waals surface area contributed by atoms with Crippen LogP contribution in [0.1, 0.15) is 5.56 Å². The Morgan fingerprint density at radius 1 is 0.500 bits per heavy atom. The van der Waals surface area contributed by atoms with Crippen LogP contribution < -0.4 is 0 Å². The number of nitrogens with zero attached hydrogens (tertiary/aromatic N) is 2. The summed E-state index contributed by atoms with van der Waals surface area (Å²) in [4.78, 5) is 3.60. The summed E-state index contributed by atoms with van der Waals surface area (Å²) < 4.78 is 2.31. The number of benzene rings is 8. The molecule has 38 heavy (non-hydrogen) atoms. The van der Waals surface area contributed by atoms with Gasteiger partial charge in [-0.1, -0.05) is 111 Å². The van der Waals surface area contributed by atoms with Gasteiger partial charge in [-0.25, -0.2) is 4.85 Å². The van der Waals surface area contributed by atoms with Crippen molar-refractivity contribution in [3.8, 4) is 6.07 Å². The monoisotopic (exact) mass is 610 g/mol. The van der Waals surface area contributed by atoms with Crippen LogP contribution in [0.3, 0.4) is 0 Å². The average molecular weight is 612 g/mol. The number of halogens is 2. The van der Waals surface area contributed by atoms with Gasteiger partial charge in [0.1, 0.15) is 0 Å². The molecule has 176 valence electrons. The maximum atomic E-state index is 9.27. The molecule has 0 spiro atoms. The third-order valence-corrected chi connectivity index (χ3v) is 8.82. The lowest BCUT2D eigenvalue weighted by molar-refractivity contribution is 1.51. The van der Waals surface area contributed by atoms with E-state index >= 15 is 0 Å². The summed E-state index contributed by atoms with van der Waals surface area (Å²) in [7, 11) is 0. The maximum absolute atomic E-state index is 9.27. The van der Waals surface area contributed by atoms with E-state index in [9.17, 15) is 5.26 Å². The minimum absolute atomic E-state index is 0.661. The summed E-state index contributed by atoms with van der Waals surface area (Å²) in [6.07, 6.45) is 0. The lowest BCUT2D eigenvalue weighted by atomic mass is 9.91. The summed E-state index contributed by atoms with van der Waals surface area (Å²) in [5.74, 6) is 0. The lowest BCUT2D eigenvalue weighted by Gasteiger charge is -2.12. The second kappa shape index (κ2) is 8.67. The summed E-state index contributed by atoms with van der Waals surface area (Å²) in [6, 6.07) is 35.4. The van der Waals surface area contributed by atoms with Crippen molar-refractivity contribution in [1.82, 2.24) is 0 Å². The van der Waals surface area contributed by atoms with Gasteiger partial charge in [0.2, 0.25) is 0 Å². The summed E-state index contributed by atoms with van der Waals surface area (Å²) in [6.45, 7) is 7.31. The molecule has 0 bridgehead atoms. The van der Waals surface area contributed by atoms with Gasteiger partial charge in [0.25, 0.3) is 0 Å². The second-order valence-electron chi connectivity index (χ2n) is 9.36. The van der Waals surface area contributed by atoms with Crippen LogP contribution in [0.2, 0.25) is 0 Å². The van der Waals surface area contributed by atoms with Crippen molar-refractivity contribution in [2.24, 2.45) is 0 Å². The van der Waals surface area contributed by atoms with Gasteiger partial charge in [-0.05, 0) is 77.4 Å². The van der Waals surface area contributed by atoms with Gasteiger partial charge in [0, 0.05) is 14.3 Å². The van der Waals surface area contributed by atoms with Crippen LogP contribution in [-0.2, 0) is 0 Å². The fourth-order valence-electron chi connectivity index (χ4n) is 5.71. The molecule has 0 saturated carbocycles. The van der Waals surface area contributed by atoms with Gasteiger partial charge in [0.15, 0.2) is 5.69 Å². The average Bonchev–Trinajstić information content (AvgIpc) is 2.96. The smallest absolute Gasteiger partial charge is 0.194 e. The van der Waals surface area contributed by atoms with Gasteiger partial charge >= 0.3 is 0 Å². The normalized spacial score (nSPS) is 11.4. The molecular formula is C34H16Br2N2. The molecule has 4 heteroatoms. The standard InChI is InChI=1S/C18H8N2.C16H8Br2/c1-20-16-9-6-12-4-7-14-13(10-19)3-2-11-5-8-15(16)18(12)17(11)14;17-13-8-4-10-2-6-12-14(18)7-3-9-1-5-11(13)16(10)15(9)12/h2-9H;1-8H. The quantitative estimate of drug-likeness (QED) is 0.124. The molecule has 0 fully saturated rings. The van der Waals surface area contributed by atoms with Crippen LogP contribution in [0.15, 0.2) is 106 Å². The molecule has 0 aliphatic carbocycles. The molecule has 0 atom stereocenters. The van der Waals surface area contributed by atoms with Crippen LogP contribution >= 0.6 is 31.9 Å². The SMILES string of the molecule is Brc1ccc2ccc3c(Br)ccc4ccc1c2c43.[C-]#[N+]c1ccc2ccc3c(C#N)ccc4ccc1c2c43. The number of hydrogen-bond donors (Lipinski definition) is 0. The van der Waals surface area contributed by atoms with Crippen molar-refractivity contribution in [1.29, 1.82) is 5.26 Å². The van der Waals surface area contributed by atoms with Gasteiger partial charge in [-0.3, -0.25) is 0 Å².